The molecule has 3 nitrogen and oxygen atoms in total. The molecule has 1 N–H and O–H groups in total. The lowest BCUT2D eigenvalue weighted by molar-refractivity contribution is 0.821. The van der Waals surface area contributed by atoms with Crippen molar-refractivity contribution in [3.05, 3.63) is 182 Å². The molecule has 0 aliphatic carbocycles. The van der Waals surface area contributed by atoms with Crippen LogP contribution in [0.25, 0.3) is 54.9 Å². The molecule has 0 amide bonds. The highest BCUT2D eigenvalue weighted by atomic mass is 15.4. The molecule has 2 heterocycles. The highest BCUT2D eigenvalue weighted by Gasteiger charge is 2.34. The van der Waals surface area contributed by atoms with Crippen molar-refractivity contribution >= 4 is 38.7 Å². The van der Waals surface area contributed by atoms with Crippen LogP contribution in [0, 0.1) is 0 Å². The van der Waals surface area contributed by atoms with Gasteiger partial charge in [-0.1, -0.05) is 121 Å². The monoisotopic (exact) mass is 601 g/mol. The molecule has 1 atom stereocenters. The van der Waals surface area contributed by atoms with E-state index in [2.05, 4.69) is 180 Å². The third-order valence-corrected chi connectivity index (χ3v) is 9.25. The van der Waals surface area contributed by atoms with Gasteiger partial charge < -0.3 is 5.32 Å². The predicted molar refractivity (Wildman–Crippen MR) is 197 cm³/mol. The van der Waals surface area contributed by atoms with Gasteiger partial charge in [-0.05, 0) is 103 Å². The van der Waals surface area contributed by atoms with E-state index in [1.165, 1.54) is 49.4 Å². The molecule has 1 aliphatic heterocycles. The number of pyridine rings is 1. The molecule has 0 saturated heterocycles. The number of rotatable bonds is 5. The number of anilines is 3. The smallest absolute Gasteiger partial charge is 0.159 e. The molecular formula is C44H31N3. The van der Waals surface area contributed by atoms with Gasteiger partial charge in [-0.2, -0.15) is 0 Å². The van der Waals surface area contributed by atoms with Gasteiger partial charge >= 0.3 is 0 Å². The number of fused-ring (bicyclic) bond motifs is 3. The summed E-state index contributed by atoms with van der Waals surface area (Å²) in [4.78, 5) is 7.31. The van der Waals surface area contributed by atoms with Gasteiger partial charge in [0.25, 0.3) is 0 Å². The Hall–Kier alpha value is -6.19. The van der Waals surface area contributed by atoms with Gasteiger partial charge in [-0.3, -0.25) is 4.90 Å². The lowest BCUT2D eigenvalue weighted by Crippen LogP contribution is -2.24. The van der Waals surface area contributed by atoms with E-state index in [-0.39, 0.29) is 6.17 Å². The maximum absolute atomic E-state index is 4.97. The second-order valence-electron chi connectivity index (χ2n) is 12.1. The summed E-state index contributed by atoms with van der Waals surface area (Å²) in [6.45, 7) is 0. The van der Waals surface area contributed by atoms with E-state index >= 15 is 0 Å². The van der Waals surface area contributed by atoms with Crippen molar-refractivity contribution in [2.24, 2.45) is 0 Å². The number of hydrogen-bond acceptors (Lipinski definition) is 3. The molecule has 3 heteroatoms. The molecule has 0 fully saturated rings. The fourth-order valence-electron chi connectivity index (χ4n) is 6.93. The molecule has 8 aromatic rings. The van der Waals surface area contributed by atoms with Gasteiger partial charge in [0.1, 0.15) is 6.17 Å². The Kier molecular flexibility index (Phi) is 6.53. The van der Waals surface area contributed by atoms with Crippen LogP contribution in [0.4, 0.5) is 17.2 Å². The summed E-state index contributed by atoms with van der Waals surface area (Å²) < 4.78 is 0. The van der Waals surface area contributed by atoms with Crippen LogP contribution in [0.15, 0.2) is 176 Å². The highest BCUT2D eigenvalue weighted by Crippen LogP contribution is 2.49. The number of para-hydroxylation sites is 1. The molecule has 0 radical (unpaired) electrons. The first-order valence-electron chi connectivity index (χ1n) is 16.1. The number of nitrogens with zero attached hydrogens (tertiary/aromatic N) is 2. The first-order valence-corrected chi connectivity index (χ1v) is 16.1. The van der Waals surface area contributed by atoms with Crippen LogP contribution in [0.3, 0.4) is 0 Å². The zero-order chi connectivity index (χ0) is 31.2. The van der Waals surface area contributed by atoms with E-state index in [0.717, 1.165) is 28.3 Å². The van der Waals surface area contributed by atoms with Crippen LogP contribution in [-0.2, 0) is 0 Å². The topological polar surface area (TPSA) is 28.2 Å². The Morgan fingerprint density at radius 2 is 1.00 bits per heavy atom. The third-order valence-electron chi connectivity index (χ3n) is 9.25. The number of hydrogen-bond donors (Lipinski definition) is 1. The normalized spacial score (nSPS) is 13.9. The van der Waals surface area contributed by atoms with Crippen molar-refractivity contribution in [2.45, 2.75) is 6.17 Å². The molecule has 47 heavy (non-hydrogen) atoms. The summed E-state index contributed by atoms with van der Waals surface area (Å²) in [5, 5.41) is 8.89. The van der Waals surface area contributed by atoms with Crippen molar-refractivity contribution in [1.29, 1.82) is 0 Å². The van der Waals surface area contributed by atoms with Crippen molar-refractivity contribution in [1.82, 2.24) is 4.98 Å². The Morgan fingerprint density at radius 1 is 0.447 bits per heavy atom. The average molecular weight is 602 g/mol. The van der Waals surface area contributed by atoms with Gasteiger partial charge in [-0.15, -0.1) is 0 Å². The first kappa shape index (κ1) is 27.1. The van der Waals surface area contributed by atoms with E-state index in [4.69, 9.17) is 4.98 Å². The van der Waals surface area contributed by atoms with Crippen molar-refractivity contribution in [3.8, 4) is 33.4 Å². The second-order valence-corrected chi connectivity index (χ2v) is 12.1. The maximum atomic E-state index is 4.97. The van der Waals surface area contributed by atoms with E-state index in [1.807, 2.05) is 6.20 Å². The van der Waals surface area contributed by atoms with Crippen LogP contribution in [0.2, 0.25) is 0 Å². The Labute approximate surface area is 274 Å². The summed E-state index contributed by atoms with van der Waals surface area (Å²) in [6.07, 6.45) is 1.75. The minimum atomic E-state index is -0.177. The molecule has 7 aromatic carbocycles. The van der Waals surface area contributed by atoms with Gasteiger partial charge in [0.05, 0.1) is 5.69 Å². The molecule has 1 aliphatic rings. The summed E-state index contributed by atoms with van der Waals surface area (Å²) in [7, 11) is 0. The number of aromatic nitrogens is 1. The van der Waals surface area contributed by atoms with Gasteiger partial charge in [0.15, 0.2) is 5.82 Å². The number of nitrogens with one attached hydrogen (secondary N) is 1. The summed E-state index contributed by atoms with van der Waals surface area (Å²) in [5.74, 6) is 0.922. The SMILES string of the molecule is c1ccc(-c2ccnc3c2NC(c2cc(-c4ccc5ccccc5c4)cc(-c4ccc5ccccc5c4)c2)N3c2ccccc2)cc1. The lowest BCUT2D eigenvalue weighted by Gasteiger charge is -2.27. The van der Waals surface area contributed by atoms with E-state index < -0.39 is 0 Å². The largest absolute Gasteiger partial charge is 0.358 e. The minimum absolute atomic E-state index is 0.177. The zero-order valence-corrected chi connectivity index (χ0v) is 25.7. The van der Waals surface area contributed by atoms with Crippen molar-refractivity contribution in [3.63, 3.8) is 0 Å². The van der Waals surface area contributed by atoms with Crippen LogP contribution in [0.5, 0.6) is 0 Å². The fraction of sp³-hybridized carbons (Fsp3) is 0.0227. The third kappa shape index (κ3) is 4.90. The van der Waals surface area contributed by atoms with E-state index in [0.29, 0.717) is 0 Å². The zero-order valence-electron chi connectivity index (χ0n) is 25.7. The molecule has 0 spiro atoms. The quantitative estimate of drug-likeness (QED) is 0.213. The molecule has 1 aromatic heterocycles. The van der Waals surface area contributed by atoms with Gasteiger partial charge in [0, 0.05) is 17.4 Å². The van der Waals surface area contributed by atoms with Crippen LogP contribution in [-0.4, -0.2) is 4.98 Å². The molecular weight excluding hydrogens is 571 g/mol. The molecule has 0 saturated carbocycles. The van der Waals surface area contributed by atoms with Crippen LogP contribution < -0.4 is 10.2 Å². The predicted octanol–water partition coefficient (Wildman–Crippen LogP) is 11.7. The second kappa shape index (κ2) is 11.3. The first-order chi connectivity index (χ1) is 23.3. The maximum Gasteiger partial charge on any atom is 0.159 e. The van der Waals surface area contributed by atoms with E-state index in [1.54, 1.807) is 0 Å². The van der Waals surface area contributed by atoms with Crippen LogP contribution >= 0.6 is 0 Å². The Bertz CT molecular complexity index is 2300. The van der Waals surface area contributed by atoms with Crippen molar-refractivity contribution in [2.75, 3.05) is 10.2 Å². The minimum Gasteiger partial charge on any atom is -0.358 e. The molecule has 1 unspecified atom stereocenters. The fourth-order valence-corrected chi connectivity index (χ4v) is 6.93. The molecule has 222 valence electrons. The van der Waals surface area contributed by atoms with Gasteiger partial charge in [-0.25, -0.2) is 4.98 Å². The lowest BCUT2D eigenvalue weighted by atomic mass is 9.93. The Balaban J connectivity index is 1.25. The molecule has 9 rings (SSSR count). The van der Waals surface area contributed by atoms with Crippen molar-refractivity contribution < 1.29 is 0 Å². The average Bonchev–Trinajstić information content (AvgIpc) is 3.55. The van der Waals surface area contributed by atoms with Gasteiger partial charge in [0.2, 0.25) is 0 Å². The summed E-state index contributed by atoms with van der Waals surface area (Å²) >= 11 is 0. The summed E-state index contributed by atoms with van der Waals surface area (Å²) in [5.41, 5.74) is 10.3. The van der Waals surface area contributed by atoms with Crippen LogP contribution in [0.1, 0.15) is 11.7 Å². The Morgan fingerprint density at radius 3 is 1.62 bits per heavy atom. The highest BCUT2D eigenvalue weighted by molar-refractivity contribution is 5.93. The standard InChI is InChI=1S/C44H31N3/c1-3-13-32(14-4-1)41-23-24-45-44-42(41)46-43(47(44)40-17-5-2-6-18-40)39-28-37(35-21-19-30-11-7-9-15-33(30)25-35)27-38(29-39)36-22-20-31-12-8-10-16-34(31)26-36/h1-29,43,46H. The number of benzene rings is 7. The molecule has 0 bridgehead atoms. The summed E-state index contributed by atoms with van der Waals surface area (Å²) in [6, 6.07) is 61.0. The van der Waals surface area contributed by atoms with E-state index in [9.17, 15) is 0 Å².